The van der Waals surface area contributed by atoms with E-state index in [1.165, 1.54) is 12.1 Å². The van der Waals surface area contributed by atoms with Gasteiger partial charge in [0, 0.05) is 24.7 Å². The molecule has 5 heteroatoms. The van der Waals surface area contributed by atoms with Crippen molar-refractivity contribution in [1.29, 1.82) is 5.26 Å². The van der Waals surface area contributed by atoms with Gasteiger partial charge in [0.25, 0.3) is 0 Å². The lowest BCUT2D eigenvalue weighted by Gasteiger charge is -2.17. The van der Waals surface area contributed by atoms with Gasteiger partial charge >= 0.3 is 0 Å². The Bertz CT molecular complexity index is 655. The van der Waals surface area contributed by atoms with Crippen LogP contribution in [0.1, 0.15) is 18.5 Å². The van der Waals surface area contributed by atoms with Crippen LogP contribution in [0.25, 0.3) is 11.4 Å². The van der Waals surface area contributed by atoms with E-state index < -0.39 is 0 Å². The summed E-state index contributed by atoms with van der Waals surface area (Å²) in [5, 5.41) is 9.10. The summed E-state index contributed by atoms with van der Waals surface area (Å²) in [5.74, 6) is 0.935. The Balaban J connectivity index is 2.04. The predicted molar refractivity (Wildman–Crippen MR) is 73.6 cm³/mol. The topological polar surface area (TPSA) is 52.8 Å². The van der Waals surface area contributed by atoms with Gasteiger partial charge in [-0.2, -0.15) is 5.26 Å². The molecule has 0 spiro atoms. The summed E-state index contributed by atoms with van der Waals surface area (Å²) in [7, 11) is 0. The molecule has 1 aliphatic rings. The summed E-state index contributed by atoms with van der Waals surface area (Å²) < 4.78 is 13.0. The molecule has 0 N–H and O–H groups in total. The number of benzene rings is 1. The van der Waals surface area contributed by atoms with Crippen LogP contribution in [0.5, 0.6) is 0 Å². The van der Waals surface area contributed by atoms with E-state index in [4.69, 9.17) is 5.26 Å². The number of nitrogens with zero attached hydrogens (tertiary/aromatic N) is 4. The molecule has 1 fully saturated rings. The van der Waals surface area contributed by atoms with Crippen molar-refractivity contribution in [3.63, 3.8) is 0 Å². The number of halogens is 1. The summed E-state index contributed by atoms with van der Waals surface area (Å²) in [6, 6.07) is 9.75. The average Bonchev–Trinajstić information content (AvgIpc) is 3.02. The molecule has 0 saturated carbocycles. The molecule has 1 aromatic heterocycles. The Morgan fingerprint density at radius 3 is 2.45 bits per heavy atom. The van der Waals surface area contributed by atoms with Gasteiger partial charge in [0.15, 0.2) is 5.82 Å². The standard InChI is InChI=1S/C15H13FN4/c16-12-5-3-11(4-6-12)15-18-13(10-17)9-14(19-15)20-7-1-2-8-20/h3-6,9H,1-2,7-8H2. The zero-order valence-electron chi connectivity index (χ0n) is 10.9. The minimum absolute atomic E-state index is 0.301. The van der Waals surface area contributed by atoms with E-state index in [1.54, 1.807) is 18.2 Å². The van der Waals surface area contributed by atoms with E-state index in [-0.39, 0.29) is 5.82 Å². The lowest BCUT2D eigenvalue weighted by atomic mass is 10.2. The zero-order valence-corrected chi connectivity index (χ0v) is 10.9. The van der Waals surface area contributed by atoms with Crippen LogP contribution < -0.4 is 4.90 Å². The molecule has 1 saturated heterocycles. The number of nitriles is 1. The fourth-order valence-corrected chi connectivity index (χ4v) is 2.33. The van der Waals surface area contributed by atoms with Gasteiger partial charge in [-0.15, -0.1) is 0 Å². The van der Waals surface area contributed by atoms with Crippen LogP contribution in [0.4, 0.5) is 10.2 Å². The van der Waals surface area contributed by atoms with Crippen LogP contribution in [0.15, 0.2) is 30.3 Å². The zero-order chi connectivity index (χ0) is 13.9. The van der Waals surface area contributed by atoms with Crippen LogP contribution in [0.3, 0.4) is 0 Å². The van der Waals surface area contributed by atoms with E-state index in [0.29, 0.717) is 17.1 Å². The van der Waals surface area contributed by atoms with Crippen molar-refractivity contribution in [3.05, 3.63) is 41.8 Å². The summed E-state index contributed by atoms with van der Waals surface area (Å²) in [4.78, 5) is 10.9. The SMILES string of the molecule is N#Cc1cc(N2CCCC2)nc(-c2ccc(F)cc2)n1. The summed E-state index contributed by atoms with van der Waals surface area (Å²) in [5.41, 5.74) is 1.05. The highest BCUT2D eigenvalue weighted by Crippen LogP contribution is 2.23. The molecule has 20 heavy (non-hydrogen) atoms. The van der Waals surface area contributed by atoms with Gasteiger partial charge in [-0.3, -0.25) is 0 Å². The highest BCUT2D eigenvalue weighted by molar-refractivity contribution is 5.59. The lowest BCUT2D eigenvalue weighted by molar-refractivity contribution is 0.628. The van der Waals surface area contributed by atoms with E-state index >= 15 is 0 Å². The second-order valence-corrected chi connectivity index (χ2v) is 4.75. The number of anilines is 1. The van der Waals surface area contributed by atoms with Crippen LogP contribution in [0, 0.1) is 17.1 Å². The van der Waals surface area contributed by atoms with Gasteiger partial charge in [-0.25, -0.2) is 14.4 Å². The average molecular weight is 268 g/mol. The minimum Gasteiger partial charge on any atom is -0.356 e. The van der Waals surface area contributed by atoms with E-state index in [1.807, 2.05) is 0 Å². The van der Waals surface area contributed by atoms with Gasteiger partial charge in [-0.05, 0) is 37.1 Å². The van der Waals surface area contributed by atoms with Gasteiger partial charge in [0.2, 0.25) is 0 Å². The van der Waals surface area contributed by atoms with Crippen LogP contribution >= 0.6 is 0 Å². The maximum atomic E-state index is 13.0. The van der Waals surface area contributed by atoms with Crippen molar-refractivity contribution < 1.29 is 4.39 Å². The Morgan fingerprint density at radius 1 is 1.10 bits per heavy atom. The minimum atomic E-state index is -0.301. The first-order valence-corrected chi connectivity index (χ1v) is 6.56. The quantitative estimate of drug-likeness (QED) is 0.840. The predicted octanol–water partition coefficient (Wildman–Crippen LogP) is 2.75. The molecule has 1 aromatic carbocycles. The van der Waals surface area contributed by atoms with Crippen LogP contribution in [-0.4, -0.2) is 23.1 Å². The largest absolute Gasteiger partial charge is 0.356 e. The van der Waals surface area contributed by atoms with Crippen molar-refractivity contribution in [3.8, 4) is 17.5 Å². The molecule has 3 rings (SSSR count). The molecule has 0 bridgehead atoms. The van der Waals surface area contributed by atoms with Gasteiger partial charge in [0.1, 0.15) is 23.4 Å². The number of rotatable bonds is 2. The first-order chi connectivity index (χ1) is 9.76. The number of aromatic nitrogens is 2. The molecule has 100 valence electrons. The van der Waals surface area contributed by atoms with E-state index in [9.17, 15) is 4.39 Å². The maximum absolute atomic E-state index is 13.0. The highest BCUT2D eigenvalue weighted by atomic mass is 19.1. The van der Waals surface area contributed by atoms with Crippen molar-refractivity contribution >= 4 is 5.82 Å². The smallest absolute Gasteiger partial charge is 0.162 e. The molecule has 0 amide bonds. The van der Waals surface area contributed by atoms with E-state index in [0.717, 1.165) is 31.7 Å². The van der Waals surface area contributed by atoms with Crippen molar-refractivity contribution in [2.45, 2.75) is 12.8 Å². The second kappa shape index (κ2) is 5.25. The molecule has 4 nitrogen and oxygen atoms in total. The maximum Gasteiger partial charge on any atom is 0.162 e. The molecule has 0 radical (unpaired) electrons. The second-order valence-electron chi connectivity index (χ2n) is 4.75. The van der Waals surface area contributed by atoms with Gasteiger partial charge in [-0.1, -0.05) is 0 Å². The van der Waals surface area contributed by atoms with Crippen LogP contribution in [-0.2, 0) is 0 Å². The van der Waals surface area contributed by atoms with Gasteiger partial charge in [0.05, 0.1) is 0 Å². The Hall–Kier alpha value is -2.48. The Labute approximate surface area is 116 Å². The van der Waals surface area contributed by atoms with Crippen molar-refractivity contribution in [1.82, 2.24) is 9.97 Å². The first kappa shape index (κ1) is 12.5. The Kier molecular flexibility index (Phi) is 3.30. The first-order valence-electron chi connectivity index (χ1n) is 6.56. The molecule has 1 aliphatic heterocycles. The third kappa shape index (κ3) is 2.45. The molecule has 2 aromatic rings. The fourth-order valence-electron chi connectivity index (χ4n) is 2.33. The molecule has 0 aliphatic carbocycles. The van der Waals surface area contributed by atoms with Gasteiger partial charge < -0.3 is 4.90 Å². The molecule has 0 atom stereocenters. The molecule has 2 heterocycles. The third-order valence-electron chi connectivity index (χ3n) is 3.36. The lowest BCUT2D eigenvalue weighted by Crippen LogP contribution is -2.19. The van der Waals surface area contributed by atoms with Crippen LogP contribution in [0.2, 0.25) is 0 Å². The monoisotopic (exact) mass is 268 g/mol. The van der Waals surface area contributed by atoms with Crippen molar-refractivity contribution in [2.75, 3.05) is 18.0 Å². The highest BCUT2D eigenvalue weighted by Gasteiger charge is 2.16. The van der Waals surface area contributed by atoms with E-state index in [2.05, 4.69) is 20.9 Å². The van der Waals surface area contributed by atoms with Crippen molar-refractivity contribution in [2.24, 2.45) is 0 Å². The molecular formula is C15H13FN4. The normalized spacial score (nSPS) is 14.3. The summed E-state index contributed by atoms with van der Waals surface area (Å²) in [6.07, 6.45) is 2.27. The number of hydrogen-bond donors (Lipinski definition) is 0. The molecular weight excluding hydrogens is 255 g/mol. The number of hydrogen-bond acceptors (Lipinski definition) is 4. The molecule has 0 unspecified atom stereocenters. The summed E-state index contributed by atoms with van der Waals surface area (Å²) >= 11 is 0. The fraction of sp³-hybridized carbons (Fsp3) is 0.267. The summed E-state index contributed by atoms with van der Waals surface area (Å²) in [6.45, 7) is 1.90. The Morgan fingerprint density at radius 2 is 1.80 bits per heavy atom. The third-order valence-corrected chi connectivity index (χ3v) is 3.36.